The first-order chi connectivity index (χ1) is 13.1. The number of rotatable bonds is 5. The number of H-pyrrole nitrogens is 1. The lowest BCUT2D eigenvalue weighted by Crippen LogP contribution is -2.27. The van der Waals surface area contributed by atoms with Gasteiger partial charge >= 0.3 is 0 Å². The summed E-state index contributed by atoms with van der Waals surface area (Å²) in [6, 6.07) is 12.7. The second kappa shape index (κ2) is 6.95. The molecule has 3 aromatic heterocycles. The van der Waals surface area contributed by atoms with E-state index in [1.165, 1.54) is 12.3 Å². The van der Waals surface area contributed by atoms with E-state index in [9.17, 15) is 9.59 Å². The molecule has 136 valence electrons. The third-order valence-electron chi connectivity index (χ3n) is 4.27. The summed E-state index contributed by atoms with van der Waals surface area (Å²) in [5.41, 5.74) is 2.51. The van der Waals surface area contributed by atoms with Crippen molar-refractivity contribution in [2.75, 3.05) is 6.54 Å². The molecule has 0 aliphatic carbocycles. The van der Waals surface area contributed by atoms with Crippen LogP contribution in [0.4, 0.5) is 0 Å². The average Bonchev–Trinajstić information content (AvgIpc) is 3.33. The number of hydrogen-bond donors (Lipinski definition) is 2. The Hall–Kier alpha value is -3.61. The van der Waals surface area contributed by atoms with Crippen LogP contribution in [0, 0.1) is 6.92 Å². The highest BCUT2D eigenvalue weighted by Crippen LogP contribution is 2.20. The zero-order valence-corrected chi connectivity index (χ0v) is 14.6. The van der Waals surface area contributed by atoms with Crippen molar-refractivity contribution < 1.29 is 13.7 Å². The highest BCUT2D eigenvalue weighted by molar-refractivity contribution is 5.92. The maximum Gasteiger partial charge on any atom is 0.273 e. The molecule has 0 unspecified atom stereocenters. The zero-order chi connectivity index (χ0) is 18.8. The van der Waals surface area contributed by atoms with Crippen LogP contribution < -0.4 is 10.9 Å². The number of pyridine rings is 1. The minimum absolute atomic E-state index is 0.149. The number of benzene rings is 1. The van der Waals surface area contributed by atoms with Crippen LogP contribution >= 0.6 is 0 Å². The van der Waals surface area contributed by atoms with Crippen molar-refractivity contribution in [1.82, 2.24) is 15.5 Å². The van der Waals surface area contributed by atoms with Crippen LogP contribution in [0.3, 0.4) is 0 Å². The third kappa shape index (κ3) is 3.52. The van der Waals surface area contributed by atoms with Gasteiger partial charge in [-0.1, -0.05) is 17.3 Å². The summed E-state index contributed by atoms with van der Waals surface area (Å²) < 4.78 is 10.3. The van der Waals surface area contributed by atoms with E-state index in [0.29, 0.717) is 30.0 Å². The molecule has 1 amide bonds. The van der Waals surface area contributed by atoms with Crippen LogP contribution in [0.1, 0.15) is 21.6 Å². The van der Waals surface area contributed by atoms with Gasteiger partial charge in [0.15, 0.2) is 11.5 Å². The fourth-order valence-electron chi connectivity index (χ4n) is 2.86. The van der Waals surface area contributed by atoms with Crippen LogP contribution in [-0.4, -0.2) is 22.6 Å². The van der Waals surface area contributed by atoms with E-state index >= 15 is 0 Å². The van der Waals surface area contributed by atoms with Gasteiger partial charge in [0.05, 0.1) is 6.26 Å². The van der Waals surface area contributed by atoms with E-state index in [2.05, 4.69) is 15.5 Å². The Balaban J connectivity index is 1.41. The van der Waals surface area contributed by atoms with Gasteiger partial charge in [0.25, 0.3) is 11.5 Å². The van der Waals surface area contributed by atoms with Gasteiger partial charge in [-0.05, 0) is 48.6 Å². The lowest BCUT2D eigenvalue weighted by molar-refractivity contribution is 0.0945. The van der Waals surface area contributed by atoms with Crippen LogP contribution in [0.5, 0.6) is 0 Å². The molecule has 0 atom stereocenters. The number of carbonyl (C=O) groups excluding carboxylic acids is 1. The monoisotopic (exact) mass is 363 g/mol. The maximum atomic E-state index is 12.2. The first kappa shape index (κ1) is 16.8. The number of carbonyl (C=O) groups is 1. The summed E-state index contributed by atoms with van der Waals surface area (Å²) in [6.45, 7) is 2.28. The second-order valence-corrected chi connectivity index (χ2v) is 6.27. The number of aromatic amines is 1. The van der Waals surface area contributed by atoms with Gasteiger partial charge in [0, 0.05) is 23.7 Å². The lowest BCUT2D eigenvalue weighted by Gasteiger charge is -2.05. The Kier molecular flexibility index (Phi) is 4.33. The molecule has 4 rings (SSSR count). The van der Waals surface area contributed by atoms with Crippen LogP contribution in [0.15, 0.2) is 62.5 Å². The summed E-state index contributed by atoms with van der Waals surface area (Å²) in [5.74, 6) is 0.510. The van der Waals surface area contributed by atoms with E-state index < -0.39 is 0 Å². The molecule has 7 nitrogen and oxygen atoms in total. The first-order valence-corrected chi connectivity index (χ1v) is 8.51. The van der Waals surface area contributed by atoms with Crippen molar-refractivity contribution in [2.24, 2.45) is 0 Å². The number of aromatic nitrogens is 2. The minimum atomic E-state index is -0.371. The van der Waals surface area contributed by atoms with E-state index in [-0.39, 0.29) is 17.2 Å². The summed E-state index contributed by atoms with van der Waals surface area (Å²) in [6.07, 6.45) is 1.92. The highest BCUT2D eigenvalue weighted by atomic mass is 16.5. The number of fused-ring (bicyclic) bond motifs is 1. The molecule has 0 bridgehead atoms. The normalized spacial score (nSPS) is 11.0. The fourth-order valence-corrected chi connectivity index (χ4v) is 2.86. The quantitative estimate of drug-likeness (QED) is 0.567. The number of nitrogens with one attached hydrogen (secondary N) is 2. The van der Waals surface area contributed by atoms with E-state index in [1.807, 2.05) is 31.2 Å². The number of nitrogens with zero attached hydrogens (tertiary/aromatic N) is 1. The van der Waals surface area contributed by atoms with Crippen molar-refractivity contribution in [1.29, 1.82) is 0 Å². The number of furan rings is 1. The molecule has 0 saturated carbocycles. The number of amides is 1. The van der Waals surface area contributed by atoms with Gasteiger partial charge in [-0.2, -0.15) is 0 Å². The van der Waals surface area contributed by atoms with Crippen molar-refractivity contribution in [2.45, 2.75) is 13.3 Å². The molecule has 4 aromatic rings. The van der Waals surface area contributed by atoms with Crippen LogP contribution in [0.25, 0.3) is 22.4 Å². The third-order valence-corrected chi connectivity index (χ3v) is 4.27. The van der Waals surface area contributed by atoms with Crippen molar-refractivity contribution in [3.63, 3.8) is 0 Å². The molecule has 0 radical (unpaired) electrons. The molecule has 0 fully saturated rings. The predicted octanol–water partition coefficient (Wildman–Crippen LogP) is 3.06. The second-order valence-electron chi connectivity index (χ2n) is 6.27. The minimum Gasteiger partial charge on any atom is -0.461 e. The Morgan fingerprint density at radius 1 is 1.19 bits per heavy atom. The highest BCUT2D eigenvalue weighted by Gasteiger charge is 2.15. The van der Waals surface area contributed by atoms with Crippen LogP contribution in [-0.2, 0) is 6.42 Å². The van der Waals surface area contributed by atoms with Crippen LogP contribution in [0.2, 0.25) is 0 Å². The Bertz CT molecular complexity index is 1160. The molecular formula is C20H17N3O4. The Labute approximate surface area is 154 Å². The van der Waals surface area contributed by atoms with E-state index in [1.54, 1.807) is 12.1 Å². The smallest absolute Gasteiger partial charge is 0.273 e. The number of aryl methyl sites for hydroxylation is 1. The molecular weight excluding hydrogens is 346 g/mol. The van der Waals surface area contributed by atoms with Gasteiger partial charge in [-0.3, -0.25) is 9.59 Å². The van der Waals surface area contributed by atoms with Crippen molar-refractivity contribution in [3.8, 4) is 11.5 Å². The molecule has 3 heterocycles. The van der Waals surface area contributed by atoms with Gasteiger partial charge in [0.1, 0.15) is 0 Å². The fraction of sp³-hybridized carbons (Fsp3) is 0.150. The average molecular weight is 363 g/mol. The van der Waals surface area contributed by atoms with Crippen molar-refractivity contribution in [3.05, 3.63) is 75.9 Å². The van der Waals surface area contributed by atoms with Gasteiger partial charge in [0.2, 0.25) is 5.76 Å². The summed E-state index contributed by atoms with van der Waals surface area (Å²) in [5, 5.41) is 7.45. The predicted molar refractivity (Wildman–Crippen MR) is 99.5 cm³/mol. The van der Waals surface area contributed by atoms with Gasteiger partial charge in [-0.25, -0.2) is 0 Å². The molecule has 1 aromatic carbocycles. The zero-order valence-electron chi connectivity index (χ0n) is 14.6. The topological polar surface area (TPSA) is 101 Å². The standard InChI is InChI=1S/C20H17N3O4/c1-12-4-5-13-10-14(19(24)22-15(13)9-12)6-7-21-20(25)16-11-18(27-23-16)17-3-2-8-26-17/h2-5,8-11H,6-7H2,1H3,(H,21,25)(H,22,24). The van der Waals surface area contributed by atoms with E-state index in [0.717, 1.165) is 16.5 Å². The molecule has 0 aliphatic heterocycles. The molecule has 0 spiro atoms. The Morgan fingerprint density at radius 2 is 2.07 bits per heavy atom. The molecule has 0 aliphatic rings. The largest absolute Gasteiger partial charge is 0.461 e. The molecule has 0 saturated heterocycles. The van der Waals surface area contributed by atoms with Gasteiger partial charge in [-0.15, -0.1) is 0 Å². The summed E-state index contributed by atoms with van der Waals surface area (Å²) in [7, 11) is 0. The maximum absolute atomic E-state index is 12.2. The summed E-state index contributed by atoms with van der Waals surface area (Å²) in [4.78, 5) is 27.3. The molecule has 2 N–H and O–H groups in total. The molecule has 7 heteroatoms. The Morgan fingerprint density at radius 3 is 2.89 bits per heavy atom. The first-order valence-electron chi connectivity index (χ1n) is 8.51. The van der Waals surface area contributed by atoms with Crippen molar-refractivity contribution >= 4 is 16.8 Å². The lowest BCUT2D eigenvalue weighted by atomic mass is 10.1. The SMILES string of the molecule is Cc1ccc2cc(CCNC(=O)c3cc(-c4ccco4)on3)c(=O)[nH]c2c1. The molecule has 27 heavy (non-hydrogen) atoms. The van der Waals surface area contributed by atoms with Gasteiger partial charge < -0.3 is 19.2 Å². The summed E-state index contributed by atoms with van der Waals surface area (Å²) >= 11 is 0. The number of hydrogen-bond acceptors (Lipinski definition) is 5. The van der Waals surface area contributed by atoms with E-state index in [4.69, 9.17) is 8.94 Å².